The predicted molar refractivity (Wildman–Crippen MR) is 76.5 cm³/mol. The second-order valence-corrected chi connectivity index (χ2v) is 5.89. The van der Waals surface area contributed by atoms with Crippen LogP contribution in [0.25, 0.3) is 0 Å². The van der Waals surface area contributed by atoms with E-state index in [1.165, 1.54) is 6.07 Å². The summed E-state index contributed by atoms with van der Waals surface area (Å²) in [7, 11) is 0. The fourth-order valence-corrected chi connectivity index (χ4v) is 1.74. The molecular weight excluding hydrogens is 297 g/mol. The molecule has 1 unspecified atom stereocenters. The summed E-state index contributed by atoms with van der Waals surface area (Å²) in [5.41, 5.74) is 0. The van der Waals surface area contributed by atoms with Gasteiger partial charge in [0.1, 0.15) is 17.7 Å². The van der Waals surface area contributed by atoms with Crippen molar-refractivity contribution in [2.75, 3.05) is 6.54 Å². The van der Waals surface area contributed by atoms with E-state index in [9.17, 15) is 4.39 Å². The van der Waals surface area contributed by atoms with E-state index in [0.29, 0.717) is 22.2 Å². The largest absolute Gasteiger partial charge is 0.489 e. The molecule has 0 aliphatic rings. The van der Waals surface area contributed by atoms with Gasteiger partial charge >= 0.3 is 0 Å². The molecule has 0 radical (unpaired) electrons. The minimum absolute atomic E-state index is 0.0352. The van der Waals surface area contributed by atoms with Gasteiger partial charge in [0.25, 0.3) is 0 Å². The quantitative estimate of drug-likeness (QED) is 0.856. The molecule has 0 aliphatic carbocycles. The van der Waals surface area contributed by atoms with Crippen LogP contribution in [0, 0.1) is 11.7 Å². The van der Waals surface area contributed by atoms with Crippen molar-refractivity contribution < 1.29 is 9.13 Å². The Morgan fingerprint density at radius 3 is 2.44 bits per heavy atom. The zero-order valence-electron chi connectivity index (χ0n) is 11.3. The van der Waals surface area contributed by atoms with Crippen molar-refractivity contribution in [2.24, 2.45) is 5.92 Å². The van der Waals surface area contributed by atoms with Crippen LogP contribution in [0.1, 0.15) is 27.7 Å². The number of rotatable bonds is 6. The lowest BCUT2D eigenvalue weighted by atomic mass is 10.1. The maximum absolute atomic E-state index is 13.4. The number of ether oxygens (including phenoxy) is 1. The van der Waals surface area contributed by atoms with Gasteiger partial charge in [-0.1, -0.05) is 27.7 Å². The van der Waals surface area contributed by atoms with Gasteiger partial charge in [-0.2, -0.15) is 0 Å². The molecule has 0 saturated carbocycles. The van der Waals surface area contributed by atoms with E-state index >= 15 is 0 Å². The van der Waals surface area contributed by atoms with Gasteiger partial charge in [0, 0.05) is 18.7 Å². The minimum Gasteiger partial charge on any atom is -0.489 e. The lowest BCUT2D eigenvalue weighted by molar-refractivity contribution is 0.146. The van der Waals surface area contributed by atoms with Crippen molar-refractivity contribution in [3.05, 3.63) is 28.5 Å². The smallest absolute Gasteiger partial charge is 0.141 e. The third kappa shape index (κ3) is 4.94. The molecule has 0 saturated heterocycles. The Kier molecular flexibility index (Phi) is 6.09. The molecule has 1 N–H and O–H groups in total. The van der Waals surface area contributed by atoms with E-state index in [4.69, 9.17) is 4.74 Å². The third-order valence-corrected chi connectivity index (χ3v) is 3.29. The van der Waals surface area contributed by atoms with Crippen molar-refractivity contribution in [1.82, 2.24) is 5.32 Å². The van der Waals surface area contributed by atoms with Crippen LogP contribution in [0.3, 0.4) is 0 Å². The standard InChI is InChI=1S/C14H21BrFNO/c1-9(2)14(8-17-10(3)4)18-11-5-6-12(15)13(16)7-11/h5-7,9-10,14,17H,8H2,1-4H3. The first-order valence-corrected chi connectivity index (χ1v) is 7.04. The second-order valence-electron chi connectivity index (χ2n) is 5.04. The molecule has 4 heteroatoms. The molecule has 0 aliphatic heterocycles. The highest BCUT2D eigenvalue weighted by Gasteiger charge is 2.16. The Bertz CT molecular complexity index is 382. The summed E-state index contributed by atoms with van der Waals surface area (Å²) in [4.78, 5) is 0. The first-order valence-electron chi connectivity index (χ1n) is 6.25. The zero-order valence-corrected chi connectivity index (χ0v) is 12.9. The van der Waals surface area contributed by atoms with Crippen LogP contribution in [-0.4, -0.2) is 18.7 Å². The van der Waals surface area contributed by atoms with E-state index < -0.39 is 0 Å². The van der Waals surface area contributed by atoms with Crippen LogP contribution in [0.5, 0.6) is 5.75 Å². The highest BCUT2D eigenvalue weighted by Crippen LogP contribution is 2.22. The predicted octanol–water partition coefficient (Wildman–Crippen LogP) is 3.99. The van der Waals surface area contributed by atoms with Crippen molar-refractivity contribution in [3.63, 3.8) is 0 Å². The minimum atomic E-state index is -0.299. The number of nitrogens with one attached hydrogen (secondary N) is 1. The highest BCUT2D eigenvalue weighted by molar-refractivity contribution is 9.10. The average Bonchev–Trinajstić information content (AvgIpc) is 2.28. The molecule has 18 heavy (non-hydrogen) atoms. The zero-order chi connectivity index (χ0) is 13.7. The van der Waals surface area contributed by atoms with Gasteiger partial charge in [0.2, 0.25) is 0 Å². The maximum Gasteiger partial charge on any atom is 0.141 e. The Morgan fingerprint density at radius 2 is 1.94 bits per heavy atom. The number of halogens is 2. The summed E-state index contributed by atoms with van der Waals surface area (Å²) in [6, 6.07) is 5.27. The molecule has 0 fully saturated rings. The van der Waals surface area contributed by atoms with E-state index in [1.54, 1.807) is 12.1 Å². The van der Waals surface area contributed by atoms with Crippen molar-refractivity contribution in [3.8, 4) is 5.75 Å². The lowest BCUT2D eigenvalue weighted by Crippen LogP contribution is -2.38. The van der Waals surface area contributed by atoms with Gasteiger partial charge in [0.15, 0.2) is 0 Å². The number of hydrogen-bond acceptors (Lipinski definition) is 2. The summed E-state index contributed by atoms with van der Waals surface area (Å²) >= 11 is 3.13. The van der Waals surface area contributed by atoms with E-state index in [0.717, 1.165) is 6.54 Å². The van der Waals surface area contributed by atoms with Gasteiger partial charge in [-0.15, -0.1) is 0 Å². The Hall–Kier alpha value is -0.610. The van der Waals surface area contributed by atoms with Crippen molar-refractivity contribution in [2.45, 2.75) is 39.8 Å². The molecule has 0 aromatic heterocycles. The topological polar surface area (TPSA) is 21.3 Å². The van der Waals surface area contributed by atoms with Crippen LogP contribution >= 0.6 is 15.9 Å². The summed E-state index contributed by atoms with van der Waals surface area (Å²) in [6.45, 7) is 9.14. The molecule has 102 valence electrons. The van der Waals surface area contributed by atoms with Gasteiger partial charge in [-0.3, -0.25) is 0 Å². The molecule has 0 amide bonds. The maximum atomic E-state index is 13.4. The Morgan fingerprint density at radius 1 is 1.28 bits per heavy atom. The molecule has 1 aromatic carbocycles. The van der Waals surface area contributed by atoms with E-state index in [1.807, 2.05) is 0 Å². The van der Waals surface area contributed by atoms with Crippen LogP contribution in [0.15, 0.2) is 22.7 Å². The Balaban J connectivity index is 2.67. The molecule has 1 rings (SSSR count). The van der Waals surface area contributed by atoms with Gasteiger partial charge in [0.05, 0.1) is 4.47 Å². The molecular formula is C14H21BrFNO. The van der Waals surface area contributed by atoms with Gasteiger partial charge in [-0.25, -0.2) is 4.39 Å². The Labute approximate surface area is 117 Å². The number of benzene rings is 1. The normalized spacial score (nSPS) is 13.1. The van der Waals surface area contributed by atoms with Crippen LogP contribution in [-0.2, 0) is 0 Å². The van der Waals surface area contributed by atoms with Crippen molar-refractivity contribution >= 4 is 15.9 Å². The fourth-order valence-electron chi connectivity index (χ4n) is 1.49. The second kappa shape index (κ2) is 7.10. The monoisotopic (exact) mass is 317 g/mol. The van der Waals surface area contributed by atoms with Gasteiger partial charge in [-0.05, 0) is 34.0 Å². The summed E-state index contributed by atoms with van der Waals surface area (Å²) in [5.74, 6) is 0.634. The summed E-state index contributed by atoms with van der Waals surface area (Å²) in [6.07, 6.45) is 0.0352. The molecule has 2 nitrogen and oxygen atoms in total. The van der Waals surface area contributed by atoms with Crippen LogP contribution in [0.4, 0.5) is 4.39 Å². The summed E-state index contributed by atoms with van der Waals surface area (Å²) < 4.78 is 19.7. The van der Waals surface area contributed by atoms with E-state index in [-0.39, 0.29) is 11.9 Å². The van der Waals surface area contributed by atoms with Crippen molar-refractivity contribution in [1.29, 1.82) is 0 Å². The molecule has 1 aromatic rings. The first kappa shape index (κ1) is 15.4. The highest BCUT2D eigenvalue weighted by atomic mass is 79.9. The summed E-state index contributed by atoms with van der Waals surface area (Å²) in [5, 5.41) is 3.35. The SMILES string of the molecule is CC(C)NCC(Oc1ccc(Br)c(F)c1)C(C)C. The number of hydrogen-bond donors (Lipinski definition) is 1. The lowest BCUT2D eigenvalue weighted by Gasteiger charge is -2.24. The van der Waals surface area contributed by atoms with Crippen LogP contribution in [0.2, 0.25) is 0 Å². The molecule has 1 atom stereocenters. The fraction of sp³-hybridized carbons (Fsp3) is 0.571. The molecule has 0 bridgehead atoms. The van der Waals surface area contributed by atoms with E-state index in [2.05, 4.69) is 48.9 Å². The van der Waals surface area contributed by atoms with Gasteiger partial charge < -0.3 is 10.1 Å². The third-order valence-electron chi connectivity index (χ3n) is 2.65. The molecule has 0 spiro atoms. The van der Waals surface area contributed by atoms with Crippen LogP contribution < -0.4 is 10.1 Å². The average molecular weight is 318 g/mol. The first-order chi connectivity index (χ1) is 8.40. The molecule has 0 heterocycles.